The molecule has 0 aromatic heterocycles. The maximum Gasteiger partial charge on any atom is 0.335 e. The van der Waals surface area contributed by atoms with E-state index in [1.165, 1.54) is 18.2 Å². The zero-order valence-corrected chi connectivity index (χ0v) is 22.1. The summed E-state index contributed by atoms with van der Waals surface area (Å²) in [6.45, 7) is 4.06. The van der Waals surface area contributed by atoms with Crippen LogP contribution in [-0.2, 0) is 16.2 Å². The van der Waals surface area contributed by atoms with Crippen molar-refractivity contribution in [3.05, 3.63) is 93.0 Å². The third-order valence-corrected chi connectivity index (χ3v) is 6.18. The van der Waals surface area contributed by atoms with Crippen molar-refractivity contribution < 1.29 is 33.8 Å². The van der Waals surface area contributed by atoms with Gasteiger partial charge in [0.2, 0.25) is 0 Å². The van der Waals surface area contributed by atoms with Crippen LogP contribution in [0.2, 0.25) is 0 Å². The van der Waals surface area contributed by atoms with E-state index in [1.54, 1.807) is 55.5 Å². The summed E-state index contributed by atoms with van der Waals surface area (Å²) in [6.07, 6.45) is 1.37. The summed E-state index contributed by atoms with van der Waals surface area (Å²) >= 11 is 3.46. The molecule has 1 aliphatic heterocycles. The predicted molar refractivity (Wildman–Crippen MR) is 143 cm³/mol. The van der Waals surface area contributed by atoms with E-state index in [9.17, 15) is 24.3 Å². The Labute approximate surface area is 226 Å². The average molecular weight is 579 g/mol. The lowest BCUT2D eigenvalue weighted by Crippen LogP contribution is -2.54. The number of benzene rings is 3. The van der Waals surface area contributed by atoms with Gasteiger partial charge in [0.25, 0.3) is 11.8 Å². The average Bonchev–Trinajstić information content (AvgIpc) is 2.87. The van der Waals surface area contributed by atoms with E-state index in [-0.39, 0.29) is 17.7 Å². The first kappa shape index (κ1) is 26.6. The number of ether oxygens (including phenoxy) is 2. The van der Waals surface area contributed by atoms with E-state index in [1.807, 2.05) is 6.92 Å². The molecule has 1 aliphatic rings. The Kier molecular flexibility index (Phi) is 7.92. The summed E-state index contributed by atoms with van der Waals surface area (Å²) in [6, 6.07) is 15.6. The monoisotopic (exact) mass is 578 g/mol. The second-order valence-electron chi connectivity index (χ2n) is 8.35. The van der Waals surface area contributed by atoms with Crippen molar-refractivity contribution in [2.24, 2.45) is 0 Å². The maximum atomic E-state index is 13.2. The molecule has 3 aromatic rings. The molecule has 4 rings (SSSR count). The second-order valence-corrected chi connectivity index (χ2v) is 9.20. The lowest BCUT2D eigenvalue weighted by molar-refractivity contribution is -0.122. The fourth-order valence-electron chi connectivity index (χ4n) is 3.78. The molecule has 3 aromatic carbocycles. The van der Waals surface area contributed by atoms with Crippen LogP contribution in [-0.4, -0.2) is 35.5 Å². The number of nitrogens with zero attached hydrogens (tertiary/aromatic N) is 1. The van der Waals surface area contributed by atoms with Crippen molar-refractivity contribution in [1.29, 1.82) is 0 Å². The number of hydrogen-bond acceptors (Lipinski definition) is 6. The number of aromatic carboxylic acids is 1. The van der Waals surface area contributed by atoms with Crippen LogP contribution < -0.4 is 19.7 Å². The van der Waals surface area contributed by atoms with Gasteiger partial charge in [-0.1, -0.05) is 29.8 Å². The van der Waals surface area contributed by atoms with Crippen LogP contribution in [0.25, 0.3) is 6.08 Å². The summed E-state index contributed by atoms with van der Waals surface area (Å²) in [7, 11) is 0. The molecule has 0 saturated carbocycles. The fraction of sp³-hybridized carbons (Fsp3) is 0.143. The summed E-state index contributed by atoms with van der Waals surface area (Å²) in [5, 5.41) is 11.4. The van der Waals surface area contributed by atoms with Gasteiger partial charge in [-0.15, -0.1) is 0 Å². The van der Waals surface area contributed by atoms with Crippen molar-refractivity contribution in [3.63, 3.8) is 0 Å². The second kappa shape index (κ2) is 11.3. The van der Waals surface area contributed by atoms with Gasteiger partial charge in [-0.05, 0) is 83.4 Å². The molecule has 1 fully saturated rings. The highest BCUT2D eigenvalue weighted by Gasteiger charge is 2.36. The molecule has 194 valence electrons. The Morgan fingerprint density at radius 1 is 1.05 bits per heavy atom. The normalized spacial score (nSPS) is 14.4. The van der Waals surface area contributed by atoms with Gasteiger partial charge in [-0.2, -0.15) is 0 Å². The SMILES string of the molecule is CCOc1cc(/C=C2\C(=O)NC(=O)N(c3ccc(C)cc3)C2=O)cc(Br)c1OCc1cccc(C(=O)O)c1. The molecule has 4 amide bonds. The molecule has 0 bridgehead atoms. The van der Waals surface area contributed by atoms with Gasteiger partial charge in [-0.3, -0.25) is 14.9 Å². The molecule has 38 heavy (non-hydrogen) atoms. The summed E-state index contributed by atoms with van der Waals surface area (Å²) < 4.78 is 12.2. The predicted octanol–water partition coefficient (Wildman–Crippen LogP) is 5.10. The molecule has 0 atom stereocenters. The third-order valence-electron chi connectivity index (χ3n) is 5.59. The highest BCUT2D eigenvalue weighted by molar-refractivity contribution is 9.10. The van der Waals surface area contributed by atoms with Crippen LogP contribution in [0.4, 0.5) is 10.5 Å². The number of hydrogen-bond donors (Lipinski definition) is 2. The molecular weight excluding hydrogens is 556 g/mol. The Morgan fingerprint density at radius 2 is 1.79 bits per heavy atom. The number of barbiturate groups is 1. The minimum Gasteiger partial charge on any atom is -0.490 e. The van der Waals surface area contributed by atoms with E-state index < -0.39 is 23.8 Å². The van der Waals surface area contributed by atoms with Crippen LogP contribution in [0, 0.1) is 6.92 Å². The number of nitrogens with one attached hydrogen (secondary N) is 1. The van der Waals surface area contributed by atoms with E-state index in [0.717, 1.165) is 10.5 Å². The summed E-state index contributed by atoms with van der Waals surface area (Å²) in [5.41, 5.74) is 2.32. The zero-order chi connectivity index (χ0) is 27.4. The summed E-state index contributed by atoms with van der Waals surface area (Å²) in [4.78, 5) is 50.4. The molecule has 0 radical (unpaired) electrons. The molecular formula is C28H23BrN2O7. The molecule has 2 N–H and O–H groups in total. The fourth-order valence-corrected chi connectivity index (χ4v) is 4.35. The van der Waals surface area contributed by atoms with Crippen LogP contribution in [0.5, 0.6) is 11.5 Å². The number of imide groups is 2. The smallest absolute Gasteiger partial charge is 0.335 e. The van der Waals surface area contributed by atoms with Crippen molar-refractivity contribution in [2.45, 2.75) is 20.5 Å². The van der Waals surface area contributed by atoms with Crippen molar-refractivity contribution in [2.75, 3.05) is 11.5 Å². The highest BCUT2D eigenvalue weighted by atomic mass is 79.9. The number of rotatable bonds is 8. The highest BCUT2D eigenvalue weighted by Crippen LogP contribution is 2.38. The number of anilines is 1. The van der Waals surface area contributed by atoms with Crippen LogP contribution in [0.3, 0.4) is 0 Å². The standard InChI is InChI=1S/C28H23BrN2O7/c1-3-37-23-14-18(13-22(29)24(23)38-15-17-5-4-6-19(11-17)27(34)35)12-21-25(32)30-28(36)31(26(21)33)20-9-7-16(2)8-10-20/h4-14H,3,15H2,1-2H3,(H,34,35)(H,30,32,36)/b21-12+. The van der Waals surface area contributed by atoms with Crippen molar-refractivity contribution >= 4 is 51.5 Å². The first-order chi connectivity index (χ1) is 18.2. The number of halogens is 1. The van der Waals surface area contributed by atoms with Gasteiger partial charge >= 0.3 is 12.0 Å². The van der Waals surface area contributed by atoms with Crippen molar-refractivity contribution in [3.8, 4) is 11.5 Å². The van der Waals surface area contributed by atoms with E-state index in [2.05, 4.69) is 21.2 Å². The zero-order valence-electron chi connectivity index (χ0n) is 20.5. The lowest BCUT2D eigenvalue weighted by Gasteiger charge is -2.26. The molecule has 0 aliphatic carbocycles. The molecule has 10 heteroatoms. The molecule has 0 unspecified atom stereocenters. The number of carbonyl (C=O) groups is 4. The number of amides is 4. The first-order valence-corrected chi connectivity index (χ1v) is 12.4. The third kappa shape index (κ3) is 5.76. The molecule has 1 heterocycles. The molecule has 9 nitrogen and oxygen atoms in total. The number of carbonyl (C=O) groups excluding carboxylic acids is 3. The van der Waals surface area contributed by atoms with E-state index in [4.69, 9.17) is 9.47 Å². The van der Waals surface area contributed by atoms with Crippen LogP contribution in [0.15, 0.2) is 70.7 Å². The van der Waals surface area contributed by atoms with Gasteiger partial charge < -0.3 is 14.6 Å². The van der Waals surface area contributed by atoms with Crippen LogP contribution >= 0.6 is 15.9 Å². The topological polar surface area (TPSA) is 122 Å². The van der Waals surface area contributed by atoms with Gasteiger partial charge in [-0.25, -0.2) is 14.5 Å². The molecule has 1 saturated heterocycles. The van der Waals surface area contributed by atoms with Gasteiger partial charge in [0, 0.05) is 0 Å². The van der Waals surface area contributed by atoms with E-state index in [0.29, 0.717) is 39.4 Å². The van der Waals surface area contributed by atoms with Gasteiger partial charge in [0.1, 0.15) is 12.2 Å². The largest absolute Gasteiger partial charge is 0.490 e. The number of carboxylic acid groups (broad SMARTS) is 1. The summed E-state index contributed by atoms with van der Waals surface area (Å²) in [5.74, 6) is -1.89. The van der Waals surface area contributed by atoms with Crippen LogP contribution in [0.1, 0.15) is 34.0 Å². The number of urea groups is 1. The van der Waals surface area contributed by atoms with Crippen molar-refractivity contribution in [1.82, 2.24) is 5.32 Å². The lowest BCUT2D eigenvalue weighted by atomic mass is 10.1. The Morgan fingerprint density at radius 3 is 2.47 bits per heavy atom. The minimum atomic E-state index is -1.04. The van der Waals surface area contributed by atoms with Gasteiger partial charge in [0.05, 0.1) is 22.3 Å². The molecule has 0 spiro atoms. The Bertz CT molecular complexity index is 1460. The number of carboxylic acids is 1. The van der Waals surface area contributed by atoms with E-state index >= 15 is 0 Å². The Hall–Kier alpha value is -4.44. The quantitative estimate of drug-likeness (QED) is 0.281. The first-order valence-electron chi connectivity index (χ1n) is 11.6. The number of aryl methyl sites for hydroxylation is 1. The maximum absolute atomic E-state index is 13.2. The minimum absolute atomic E-state index is 0.0781. The van der Waals surface area contributed by atoms with Gasteiger partial charge in [0.15, 0.2) is 11.5 Å². The Balaban J connectivity index is 1.64.